The van der Waals surface area contributed by atoms with Crippen molar-refractivity contribution in [2.24, 2.45) is 11.8 Å². The highest BCUT2D eigenvalue weighted by Crippen LogP contribution is 2.44. The molecule has 2 aliphatic carbocycles. The lowest BCUT2D eigenvalue weighted by Crippen LogP contribution is -2.19. The minimum atomic E-state index is 0.525. The maximum absolute atomic E-state index is 6.33. The molecule has 0 saturated heterocycles. The fourth-order valence-corrected chi connectivity index (χ4v) is 4.17. The van der Waals surface area contributed by atoms with Crippen LogP contribution in [0.1, 0.15) is 75.7 Å². The second-order valence-corrected chi connectivity index (χ2v) is 8.14. The van der Waals surface area contributed by atoms with Gasteiger partial charge in [-0.15, -0.1) is 0 Å². The van der Waals surface area contributed by atoms with Crippen molar-refractivity contribution < 1.29 is 0 Å². The summed E-state index contributed by atoms with van der Waals surface area (Å²) in [6.45, 7) is 4.68. The predicted octanol–water partition coefficient (Wildman–Crippen LogP) is 5.54. The lowest BCUT2D eigenvalue weighted by Gasteiger charge is -2.30. The van der Waals surface area contributed by atoms with E-state index in [1.165, 1.54) is 44.2 Å². The molecule has 0 aliphatic heterocycles. The van der Waals surface area contributed by atoms with Crippen LogP contribution in [-0.4, -0.2) is 9.97 Å². The number of aromatic nitrogens is 2. The number of halogens is 2. The summed E-state index contributed by atoms with van der Waals surface area (Å²) in [4.78, 5) is 9.47. The van der Waals surface area contributed by atoms with E-state index >= 15 is 0 Å². The molecule has 20 heavy (non-hydrogen) atoms. The minimum absolute atomic E-state index is 0.525. The standard InChI is InChI=1S/C16H22ClIN2/c1-9(2)10-3-7-12(8-4-10)16-19-14(11-5-6-11)13(18)15(17)20-16/h9-12H,3-8H2,1-2H3. The lowest BCUT2D eigenvalue weighted by atomic mass is 9.76. The van der Waals surface area contributed by atoms with Gasteiger partial charge in [0.1, 0.15) is 11.0 Å². The van der Waals surface area contributed by atoms with Crippen molar-refractivity contribution in [3.63, 3.8) is 0 Å². The van der Waals surface area contributed by atoms with Gasteiger partial charge in [0, 0.05) is 11.8 Å². The molecule has 2 fully saturated rings. The topological polar surface area (TPSA) is 25.8 Å². The molecule has 1 aromatic rings. The Morgan fingerprint density at radius 1 is 1.00 bits per heavy atom. The second-order valence-electron chi connectivity index (χ2n) is 6.70. The van der Waals surface area contributed by atoms with Crippen LogP contribution in [0.15, 0.2) is 0 Å². The zero-order valence-corrected chi connectivity index (χ0v) is 15.1. The molecule has 0 radical (unpaired) electrons. The van der Waals surface area contributed by atoms with Crippen molar-refractivity contribution in [2.45, 2.75) is 64.2 Å². The molecule has 110 valence electrons. The highest BCUT2D eigenvalue weighted by molar-refractivity contribution is 14.1. The Morgan fingerprint density at radius 2 is 1.60 bits per heavy atom. The van der Waals surface area contributed by atoms with Crippen LogP contribution in [0.3, 0.4) is 0 Å². The molecule has 0 amide bonds. The van der Waals surface area contributed by atoms with Gasteiger partial charge in [-0.2, -0.15) is 0 Å². The summed E-state index contributed by atoms with van der Waals surface area (Å²) in [5.41, 5.74) is 1.21. The molecule has 3 rings (SSSR count). The van der Waals surface area contributed by atoms with Gasteiger partial charge in [-0.25, -0.2) is 9.97 Å². The Kier molecular flexibility index (Phi) is 4.56. The third-order valence-electron chi connectivity index (χ3n) is 4.90. The van der Waals surface area contributed by atoms with Crippen molar-refractivity contribution >= 4 is 34.2 Å². The summed E-state index contributed by atoms with van der Waals surface area (Å²) in [7, 11) is 0. The summed E-state index contributed by atoms with van der Waals surface area (Å²) in [5, 5.41) is 0.670. The van der Waals surface area contributed by atoms with Crippen LogP contribution in [0, 0.1) is 15.4 Å². The van der Waals surface area contributed by atoms with Gasteiger partial charge >= 0.3 is 0 Å². The molecule has 0 bridgehead atoms. The smallest absolute Gasteiger partial charge is 0.146 e. The third kappa shape index (κ3) is 3.13. The van der Waals surface area contributed by atoms with Gasteiger partial charge in [-0.3, -0.25) is 0 Å². The monoisotopic (exact) mass is 404 g/mol. The van der Waals surface area contributed by atoms with E-state index in [4.69, 9.17) is 16.6 Å². The molecule has 0 spiro atoms. The highest BCUT2D eigenvalue weighted by atomic mass is 127. The van der Waals surface area contributed by atoms with Crippen molar-refractivity contribution in [3.05, 3.63) is 20.2 Å². The first-order valence-corrected chi connectivity index (χ1v) is 9.24. The van der Waals surface area contributed by atoms with Crippen LogP contribution in [0.4, 0.5) is 0 Å². The van der Waals surface area contributed by atoms with Crippen molar-refractivity contribution in [1.29, 1.82) is 0 Å². The van der Waals surface area contributed by atoms with E-state index in [-0.39, 0.29) is 0 Å². The fourth-order valence-electron chi connectivity index (χ4n) is 3.31. The van der Waals surface area contributed by atoms with Crippen LogP contribution >= 0.6 is 34.2 Å². The van der Waals surface area contributed by atoms with E-state index in [1.54, 1.807) is 0 Å². The second kappa shape index (κ2) is 6.07. The first kappa shape index (κ1) is 15.0. The first-order chi connectivity index (χ1) is 9.56. The molecule has 0 atom stereocenters. The summed E-state index contributed by atoms with van der Waals surface area (Å²) >= 11 is 8.63. The average Bonchev–Trinajstić information content (AvgIpc) is 3.26. The molecule has 4 heteroatoms. The quantitative estimate of drug-likeness (QED) is 0.488. The van der Waals surface area contributed by atoms with Crippen LogP contribution in [-0.2, 0) is 0 Å². The molecular weight excluding hydrogens is 383 g/mol. The average molecular weight is 405 g/mol. The highest BCUT2D eigenvalue weighted by Gasteiger charge is 2.31. The van der Waals surface area contributed by atoms with E-state index in [9.17, 15) is 0 Å². The first-order valence-electron chi connectivity index (χ1n) is 7.79. The fraction of sp³-hybridized carbons (Fsp3) is 0.750. The van der Waals surface area contributed by atoms with Crippen LogP contribution in [0.5, 0.6) is 0 Å². The van der Waals surface area contributed by atoms with E-state index in [0.717, 1.165) is 21.2 Å². The van der Waals surface area contributed by atoms with Crippen LogP contribution in [0.2, 0.25) is 5.15 Å². The lowest BCUT2D eigenvalue weighted by molar-refractivity contribution is 0.254. The number of rotatable bonds is 3. The molecule has 2 aliphatic rings. The van der Waals surface area contributed by atoms with E-state index in [0.29, 0.717) is 17.0 Å². The summed E-state index contributed by atoms with van der Waals surface area (Å²) in [6, 6.07) is 0. The zero-order chi connectivity index (χ0) is 14.3. The molecule has 0 unspecified atom stereocenters. The minimum Gasteiger partial charge on any atom is -0.236 e. The van der Waals surface area contributed by atoms with Gasteiger partial charge in [0.15, 0.2) is 0 Å². The van der Waals surface area contributed by atoms with Crippen LogP contribution < -0.4 is 0 Å². The van der Waals surface area contributed by atoms with Gasteiger partial charge in [0.05, 0.1) is 9.26 Å². The summed E-state index contributed by atoms with van der Waals surface area (Å²) in [5.74, 6) is 3.87. The van der Waals surface area contributed by atoms with Crippen molar-refractivity contribution in [2.75, 3.05) is 0 Å². The van der Waals surface area contributed by atoms with Gasteiger partial charge in [-0.1, -0.05) is 25.4 Å². The summed E-state index contributed by atoms with van der Waals surface area (Å²) in [6.07, 6.45) is 7.61. The number of hydrogen-bond acceptors (Lipinski definition) is 2. The largest absolute Gasteiger partial charge is 0.236 e. The Labute approximate surface area is 140 Å². The Balaban J connectivity index is 1.78. The van der Waals surface area contributed by atoms with Gasteiger partial charge < -0.3 is 0 Å². The molecule has 2 saturated carbocycles. The number of nitrogens with zero attached hydrogens (tertiary/aromatic N) is 2. The van der Waals surface area contributed by atoms with Gasteiger partial charge in [-0.05, 0) is 73.0 Å². The molecular formula is C16H22ClIN2. The Morgan fingerprint density at radius 3 is 2.15 bits per heavy atom. The van der Waals surface area contributed by atoms with E-state index in [1.807, 2.05) is 0 Å². The maximum atomic E-state index is 6.33. The molecule has 2 nitrogen and oxygen atoms in total. The Hall–Kier alpha value is 0.1000. The zero-order valence-electron chi connectivity index (χ0n) is 12.2. The maximum Gasteiger partial charge on any atom is 0.146 e. The van der Waals surface area contributed by atoms with Crippen LogP contribution in [0.25, 0.3) is 0 Å². The number of hydrogen-bond donors (Lipinski definition) is 0. The van der Waals surface area contributed by atoms with Crippen molar-refractivity contribution in [1.82, 2.24) is 9.97 Å². The summed E-state index contributed by atoms with van der Waals surface area (Å²) < 4.78 is 1.08. The van der Waals surface area contributed by atoms with E-state index < -0.39 is 0 Å². The molecule has 1 heterocycles. The third-order valence-corrected chi connectivity index (χ3v) is 6.55. The Bertz CT molecular complexity index is 491. The van der Waals surface area contributed by atoms with Gasteiger partial charge in [0.25, 0.3) is 0 Å². The molecule has 0 N–H and O–H groups in total. The molecule has 1 aromatic heterocycles. The van der Waals surface area contributed by atoms with E-state index in [2.05, 4.69) is 41.4 Å². The molecule has 0 aromatic carbocycles. The predicted molar refractivity (Wildman–Crippen MR) is 91.3 cm³/mol. The van der Waals surface area contributed by atoms with Gasteiger partial charge in [0.2, 0.25) is 0 Å². The SMILES string of the molecule is CC(C)C1CCC(c2nc(Cl)c(I)c(C3CC3)n2)CC1. The van der Waals surface area contributed by atoms with Crippen molar-refractivity contribution in [3.8, 4) is 0 Å². The normalized spacial score (nSPS) is 27.1.